The lowest BCUT2D eigenvalue weighted by Gasteiger charge is -2.11. The summed E-state index contributed by atoms with van der Waals surface area (Å²) in [6, 6.07) is 13.7. The van der Waals surface area contributed by atoms with E-state index in [0.717, 1.165) is 40.9 Å². The number of benzene rings is 2. The summed E-state index contributed by atoms with van der Waals surface area (Å²) in [4.78, 5) is 12.9. The number of carbonyl (C=O) groups is 1. The second-order valence-electron chi connectivity index (χ2n) is 6.42. The fourth-order valence-electron chi connectivity index (χ4n) is 2.55. The van der Waals surface area contributed by atoms with Crippen molar-refractivity contribution in [2.24, 2.45) is 0 Å². The van der Waals surface area contributed by atoms with E-state index in [1.165, 1.54) is 0 Å². The number of unbranched alkanes of at least 4 members (excludes halogenated alkanes) is 1. The maximum Gasteiger partial charge on any atom is 0.333 e. The highest BCUT2D eigenvalue weighted by molar-refractivity contribution is 5.86. The Morgan fingerprint density at radius 3 is 2.41 bits per heavy atom. The smallest absolute Gasteiger partial charge is 0.333 e. The molecule has 6 heteroatoms. The number of ether oxygens (including phenoxy) is 2. The van der Waals surface area contributed by atoms with Gasteiger partial charge >= 0.3 is 5.97 Å². The molecule has 3 aromatic rings. The Balaban J connectivity index is 1.63. The standard InChI is InChI=1S/C21H23N3O3/c1-15(2)21(25)27-13-7-6-12-26-20-11-10-16(3)14-19(20)24-22-17-8-4-5-9-18(17)23-24/h4-5,8-11,14H,1,6-7,12-13H2,2-3H3. The van der Waals surface area contributed by atoms with E-state index in [4.69, 9.17) is 9.47 Å². The van der Waals surface area contributed by atoms with Crippen LogP contribution in [-0.4, -0.2) is 34.2 Å². The molecule has 6 nitrogen and oxygen atoms in total. The highest BCUT2D eigenvalue weighted by atomic mass is 16.5. The van der Waals surface area contributed by atoms with Crippen molar-refractivity contribution in [2.45, 2.75) is 26.7 Å². The molecule has 27 heavy (non-hydrogen) atoms. The van der Waals surface area contributed by atoms with Crippen LogP contribution in [-0.2, 0) is 9.53 Å². The van der Waals surface area contributed by atoms with Gasteiger partial charge < -0.3 is 9.47 Å². The molecule has 0 N–H and O–H groups in total. The Morgan fingerprint density at radius 1 is 1.07 bits per heavy atom. The van der Waals surface area contributed by atoms with Crippen molar-refractivity contribution in [1.82, 2.24) is 15.0 Å². The molecule has 0 radical (unpaired) electrons. The molecule has 0 aliphatic rings. The first kappa shape index (κ1) is 18.6. The molecule has 1 aromatic heterocycles. The zero-order valence-corrected chi connectivity index (χ0v) is 15.6. The van der Waals surface area contributed by atoms with E-state index in [0.29, 0.717) is 18.8 Å². The number of esters is 1. The summed E-state index contributed by atoms with van der Waals surface area (Å²) < 4.78 is 11.0. The van der Waals surface area contributed by atoms with Gasteiger partial charge in [0, 0.05) is 5.57 Å². The minimum Gasteiger partial charge on any atom is -0.491 e. The summed E-state index contributed by atoms with van der Waals surface area (Å²) in [6.45, 7) is 8.09. The van der Waals surface area contributed by atoms with Gasteiger partial charge in [-0.3, -0.25) is 0 Å². The maximum absolute atomic E-state index is 11.3. The van der Waals surface area contributed by atoms with Crippen molar-refractivity contribution in [3.63, 3.8) is 0 Å². The van der Waals surface area contributed by atoms with Crippen molar-refractivity contribution in [3.8, 4) is 11.4 Å². The molecule has 0 saturated carbocycles. The Bertz CT molecular complexity index is 929. The number of carbonyl (C=O) groups excluding carboxylic acids is 1. The van der Waals surface area contributed by atoms with Crippen LogP contribution in [0.4, 0.5) is 0 Å². The highest BCUT2D eigenvalue weighted by Gasteiger charge is 2.11. The maximum atomic E-state index is 11.3. The minimum atomic E-state index is -0.353. The van der Waals surface area contributed by atoms with Crippen LogP contribution in [0.25, 0.3) is 16.7 Å². The van der Waals surface area contributed by atoms with E-state index in [9.17, 15) is 4.79 Å². The monoisotopic (exact) mass is 365 g/mol. The van der Waals surface area contributed by atoms with Crippen LogP contribution in [0.3, 0.4) is 0 Å². The van der Waals surface area contributed by atoms with Gasteiger partial charge in [0.05, 0.1) is 13.2 Å². The van der Waals surface area contributed by atoms with Crippen LogP contribution in [0.15, 0.2) is 54.6 Å². The highest BCUT2D eigenvalue weighted by Crippen LogP contribution is 2.24. The number of hydrogen-bond acceptors (Lipinski definition) is 5. The van der Waals surface area contributed by atoms with Crippen LogP contribution in [0, 0.1) is 6.92 Å². The van der Waals surface area contributed by atoms with Gasteiger partial charge in [0.2, 0.25) is 0 Å². The lowest BCUT2D eigenvalue weighted by atomic mass is 10.2. The predicted octanol–water partition coefficient (Wildman–Crippen LogP) is 4.01. The summed E-state index contributed by atoms with van der Waals surface area (Å²) in [7, 11) is 0. The Hall–Kier alpha value is -3.15. The molecule has 2 aromatic carbocycles. The third-order valence-electron chi connectivity index (χ3n) is 3.99. The topological polar surface area (TPSA) is 66.2 Å². The van der Waals surface area contributed by atoms with Gasteiger partial charge in [-0.05, 0) is 56.5 Å². The second kappa shape index (κ2) is 8.49. The van der Waals surface area contributed by atoms with Crippen LogP contribution in [0.2, 0.25) is 0 Å². The Kier molecular flexibility index (Phi) is 5.86. The largest absolute Gasteiger partial charge is 0.491 e. The summed E-state index contributed by atoms with van der Waals surface area (Å²) in [6.07, 6.45) is 1.50. The number of rotatable bonds is 8. The second-order valence-corrected chi connectivity index (χ2v) is 6.42. The first-order valence-electron chi connectivity index (χ1n) is 8.93. The van der Waals surface area contributed by atoms with E-state index >= 15 is 0 Å². The lowest BCUT2D eigenvalue weighted by Crippen LogP contribution is -2.08. The van der Waals surface area contributed by atoms with E-state index in [2.05, 4.69) is 16.8 Å². The van der Waals surface area contributed by atoms with Crippen molar-refractivity contribution < 1.29 is 14.3 Å². The zero-order chi connectivity index (χ0) is 19.2. The molecule has 3 rings (SSSR count). The quantitative estimate of drug-likeness (QED) is 0.343. The molecule has 0 saturated heterocycles. The van der Waals surface area contributed by atoms with E-state index < -0.39 is 0 Å². The number of nitrogens with zero attached hydrogens (tertiary/aromatic N) is 3. The van der Waals surface area contributed by atoms with Gasteiger partial charge in [0.15, 0.2) is 0 Å². The molecule has 0 aliphatic carbocycles. The molecule has 0 spiro atoms. The van der Waals surface area contributed by atoms with Crippen LogP contribution >= 0.6 is 0 Å². The van der Waals surface area contributed by atoms with Crippen LogP contribution < -0.4 is 4.74 Å². The first-order chi connectivity index (χ1) is 13.0. The zero-order valence-electron chi connectivity index (χ0n) is 15.6. The molecule has 0 bridgehead atoms. The van der Waals surface area contributed by atoms with E-state index in [1.54, 1.807) is 11.7 Å². The van der Waals surface area contributed by atoms with Gasteiger partial charge in [-0.2, -0.15) is 0 Å². The van der Waals surface area contributed by atoms with E-state index in [-0.39, 0.29) is 5.97 Å². The van der Waals surface area contributed by atoms with Gasteiger partial charge in [0.25, 0.3) is 0 Å². The summed E-state index contributed by atoms with van der Waals surface area (Å²) >= 11 is 0. The van der Waals surface area contributed by atoms with Crippen molar-refractivity contribution >= 4 is 17.0 Å². The van der Waals surface area contributed by atoms with Crippen LogP contribution in [0.5, 0.6) is 5.75 Å². The number of hydrogen-bond donors (Lipinski definition) is 0. The van der Waals surface area contributed by atoms with Crippen molar-refractivity contribution in [3.05, 3.63) is 60.2 Å². The third-order valence-corrected chi connectivity index (χ3v) is 3.99. The number of aryl methyl sites for hydroxylation is 1. The summed E-state index contributed by atoms with van der Waals surface area (Å²) in [5.41, 5.74) is 3.99. The van der Waals surface area contributed by atoms with Gasteiger partial charge in [0.1, 0.15) is 22.5 Å². The SMILES string of the molecule is C=C(C)C(=O)OCCCCOc1ccc(C)cc1-n1nc2ccccc2n1. The normalized spacial score (nSPS) is 10.7. The summed E-state index contributed by atoms with van der Waals surface area (Å²) in [5, 5.41) is 9.08. The molecular weight excluding hydrogens is 342 g/mol. The Labute approximate surface area is 158 Å². The molecule has 0 amide bonds. The average molecular weight is 365 g/mol. The average Bonchev–Trinajstić information content (AvgIpc) is 3.09. The summed E-state index contributed by atoms with van der Waals surface area (Å²) in [5.74, 6) is 0.369. The molecular formula is C21H23N3O3. The third kappa shape index (κ3) is 4.73. The van der Waals surface area contributed by atoms with E-state index in [1.807, 2.05) is 49.4 Å². The van der Waals surface area contributed by atoms with Crippen LogP contribution in [0.1, 0.15) is 25.3 Å². The Morgan fingerprint density at radius 2 is 1.74 bits per heavy atom. The van der Waals surface area contributed by atoms with Gasteiger partial charge in [-0.15, -0.1) is 15.0 Å². The lowest BCUT2D eigenvalue weighted by molar-refractivity contribution is -0.139. The molecule has 0 atom stereocenters. The fourth-order valence-corrected chi connectivity index (χ4v) is 2.55. The first-order valence-corrected chi connectivity index (χ1v) is 8.93. The molecule has 0 unspecified atom stereocenters. The van der Waals surface area contributed by atoms with Crippen molar-refractivity contribution in [2.75, 3.05) is 13.2 Å². The molecule has 0 fully saturated rings. The van der Waals surface area contributed by atoms with Crippen molar-refractivity contribution in [1.29, 1.82) is 0 Å². The predicted molar refractivity (Wildman–Crippen MR) is 104 cm³/mol. The van der Waals surface area contributed by atoms with Gasteiger partial charge in [-0.1, -0.05) is 24.8 Å². The number of fused-ring (bicyclic) bond motifs is 1. The van der Waals surface area contributed by atoms with Gasteiger partial charge in [-0.25, -0.2) is 4.79 Å². The molecule has 0 aliphatic heterocycles. The molecule has 140 valence electrons. The minimum absolute atomic E-state index is 0.353. The molecule has 1 heterocycles. The fraction of sp³-hybridized carbons (Fsp3) is 0.286. The number of aromatic nitrogens is 3.